The predicted molar refractivity (Wildman–Crippen MR) is 86.8 cm³/mol. The van der Waals surface area contributed by atoms with Crippen LogP contribution in [0.3, 0.4) is 0 Å². The van der Waals surface area contributed by atoms with Gasteiger partial charge in [0.1, 0.15) is 12.4 Å². The number of benzene rings is 2. The predicted octanol–water partition coefficient (Wildman–Crippen LogP) is 4.51. The first-order chi connectivity index (χ1) is 9.68. The summed E-state index contributed by atoms with van der Waals surface area (Å²) in [6.45, 7) is 7.05. The van der Waals surface area contributed by atoms with Crippen molar-refractivity contribution in [3.8, 4) is 5.75 Å². The quantitative estimate of drug-likeness (QED) is 0.758. The van der Waals surface area contributed by atoms with Crippen LogP contribution in [0.25, 0.3) is 10.8 Å². The molecule has 2 nitrogen and oxygen atoms in total. The molecule has 0 aliphatic rings. The normalized spacial score (nSPS) is 11.2. The third-order valence-electron chi connectivity index (χ3n) is 3.27. The van der Waals surface area contributed by atoms with Gasteiger partial charge in [0.25, 0.3) is 0 Å². The molecular formula is C17H22ClNO. The summed E-state index contributed by atoms with van der Waals surface area (Å²) < 4.78 is 5.86. The van der Waals surface area contributed by atoms with Gasteiger partial charge in [-0.15, -0.1) is 0 Å². The molecule has 1 N–H and O–H groups in total. The number of hydrogen-bond donors (Lipinski definition) is 1. The average molecular weight is 292 g/mol. The number of rotatable bonds is 7. The second-order valence-corrected chi connectivity index (χ2v) is 5.78. The van der Waals surface area contributed by atoms with E-state index in [4.69, 9.17) is 16.3 Å². The Morgan fingerprint density at radius 2 is 1.80 bits per heavy atom. The number of hydrogen-bond acceptors (Lipinski definition) is 2. The fourth-order valence-corrected chi connectivity index (χ4v) is 2.34. The molecule has 0 aromatic heterocycles. The lowest BCUT2D eigenvalue weighted by atomic mass is 10.1. The highest BCUT2D eigenvalue weighted by atomic mass is 35.5. The summed E-state index contributed by atoms with van der Waals surface area (Å²) in [6, 6.07) is 11.9. The molecule has 0 unspecified atom stereocenters. The highest BCUT2D eigenvalue weighted by molar-refractivity contribution is 6.35. The summed E-state index contributed by atoms with van der Waals surface area (Å²) in [6.07, 6.45) is 1.20. The minimum Gasteiger partial charge on any atom is -0.492 e. The van der Waals surface area contributed by atoms with E-state index >= 15 is 0 Å². The van der Waals surface area contributed by atoms with Gasteiger partial charge in [0.05, 0.1) is 0 Å². The van der Waals surface area contributed by atoms with Gasteiger partial charge in [-0.05, 0) is 31.0 Å². The third-order valence-corrected chi connectivity index (χ3v) is 3.60. The van der Waals surface area contributed by atoms with Crippen LogP contribution in [-0.2, 0) is 0 Å². The SMILES string of the molecule is CC(C)CCNCCOc1ccc(Cl)c2ccccc12. The molecule has 0 bridgehead atoms. The van der Waals surface area contributed by atoms with Crippen LogP contribution in [0.1, 0.15) is 20.3 Å². The van der Waals surface area contributed by atoms with Crippen molar-refractivity contribution in [3.63, 3.8) is 0 Å². The Labute approximate surface area is 126 Å². The van der Waals surface area contributed by atoms with Crippen LogP contribution in [0.15, 0.2) is 36.4 Å². The van der Waals surface area contributed by atoms with Gasteiger partial charge in [-0.1, -0.05) is 49.7 Å². The molecule has 2 aromatic rings. The van der Waals surface area contributed by atoms with Crippen LogP contribution in [-0.4, -0.2) is 19.7 Å². The number of nitrogens with one attached hydrogen (secondary N) is 1. The lowest BCUT2D eigenvalue weighted by Gasteiger charge is -2.11. The molecule has 0 heterocycles. The first-order valence-electron chi connectivity index (χ1n) is 7.19. The summed E-state index contributed by atoms with van der Waals surface area (Å²) in [5, 5.41) is 6.27. The molecule has 0 atom stereocenters. The van der Waals surface area contributed by atoms with Crippen molar-refractivity contribution in [1.29, 1.82) is 0 Å². The Hall–Kier alpha value is -1.25. The van der Waals surface area contributed by atoms with Crippen molar-refractivity contribution in [2.24, 2.45) is 5.92 Å². The van der Waals surface area contributed by atoms with E-state index in [9.17, 15) is 0 Å². The van der Waals surface area contributed by atoms with E-state index in [0.717, 1.165) is 40.6 Å². The van der Waals surface area contributed by atoms with Crippen LogP contribution in [0, 0.1) is 5.92 Å². The standard InChI is InChI=1S/C17H22ClNO/c1-13(2)9-10-19-11-12-20-17-8-7-16(18)14-5-3-4-6-15(14)17/h3-8,13,19H,9-12H2,1-2H3. The molecule has 0 aliphatic carbocycles. The van der Waals surface area contributed by atoms with Crippen molar-refractivity contribution < 1.29 is 4.74 Å². The Kier molecular flexibility index (Phi) is 5.69. The molecule has 108 valence electrons. The fraction of sp³-hybridized carbons (Fsp3) is 0.412. The van der Waals surface area contributed by atoms with Crippen molar-refractivity contribution in [1.82, 2.24) is 5.32 Å². The van der Waals surface area contributed by atoms with Crippen LogP contribution in [0.5, 0.6) is 5.75 Å². The molecule has 2 rings (SSSR count). The highest BCUT2D eigenvalue weighted by Crippen LogP contribution is 2.31. The molecule has 3 heteroatoms. The highest BCUT2D eigenvalue weighted by Gasteiger charge is 2.04. The molecular weight excluding hydrogens is 270 g/mol. The summed E-state index contributed by atoms with van der Waals surface area (Å²) in [5.41, 5.74) is 0. The summed E-state index contributed by atoms with van der Waals surface area (Å²) >= 11 is 6.19. The van der Waals surface area contributed by atoms with Gasteiger partial charge >= 0.3 is 0 Å². The van der Waals surface area contributed by atoms with Crippen LogP contribution in [0.2, 0.25) is 5.02 Å². The lowest BCUT2D eigenvalue weighted by molar-refractivity contribution is 0.316. The first kappa shape index (κ1) is 15.1. The van der Waals surface area contributed by atoms with E-state index < -0.39 is 0 Å². The summed E-state index contributed by atoms with van der Waals surface area (Å²) in [7, 11) is 0. The Bertz CT molecular complexity index is 554. The third kappa shape index (κ3) is 4.12. The van der Waals surface area contributed by atoms with Gasteiger partial charge in [0.2, 0.25) is 0 Å². The first-order valence-corrected chi connectivity index (χ1v) is 7.57. The van der Waals surface area contributed by atoms with E-state index in [-0.39, 0.29) is 0 Å². The molecule has 0 aliphatic heterocycles. The fourth-order valence-electron chi connectivity index (χ4n) is 2.11. The van der Waals surface area contributed by atoms with Gasteiger partial charge in [-0.3, -0.25) is 0 Å². The lowest BCUT2D eigenvalue weighted by Crippen LogP contribution is -2.23. The number of ether oxygens (including phenoxy) is 1. The van der Waals surface area contributed by atoms with Crippen LogP contribution in [0.4, 0.5) is 0 Å². The Balaban J connectivity index is 1.89. The van der Waals surface area contributed by atoms with Crippen LogP contribution < -0.4 is 10.1 Å². The van der Waals surface area contributed by atoms with Crippen molar-refractivity contribution >= 4 is 22.4 Å². The topological polar surface area (TPSA) is 21.3 Å². The van der Waals surface area contributed by atoms with E-state index in [1.807, 2.05) is 36.4 Å². The van der Waals surface area contributed by atoms with Gasteiger partial charge in [-0.2, -0.15) is 0 Å². The van der Waals surface area contributed by atoms with Crippen molar-refractivity contribution in [2.75, 3.05) is 19.7 Å². The Morgan fingerprint density at radius 3 is 2.55 bits per heavy atom. The van der Waals surface area contributed by atoms with Gasteiger partial charge in [0, 0.05) is 22.3 Å². The summed E-state index contributed by atoms with van der Waals surface area (Å²) in [4.78, 5) is 0. The molecule has 0 saturated heterocycles. The summed E-state index contributed by atoms with van der Waals surface area (Å²) in [5.74, 6) is 1.64. The second kappa shape index (κ2) is 7.51. The molecule has 0 fully saturated rings. The smallest absolute Gasteiger partial charge is 0.127 e. The second-order valence-electron chi connectivity index (χ2n) is 5.37. The average Bonchev–Trinajstić information content (AvgIpc) is 2.45. The van der Waals surface area contributed by atoms with E-state index in [0.29, 0.717) is 6.61 Å². The molecule has 20 heavy (non-hydrogen) atoms. The van der Waals surface area contributed by atoms with Crippen LogP contribution >= 0.6 is 11.6 Å². The minimum absolute atomic E-state index is 0.670. The largest absolute Gasteiger partial charge is 0.492 e. The molecule has 0 spiro atoms. The minimum atomic E-state index is 0.670. The van der Waals surface area contributed by atoms with E-state index in [1.54, 1.807) is 0 Å². The van der Waals surface area contributed by atoms with E-state index in [1.165, 1.54) is 6.42 Å². The van der Waals surface area contributed by atoms with Gasteiger partial charge < -0.3 is 10.1 Å². The molecule has 0 radical (unpaired) electrons. The maximum absolute atomic E-state index is 6.19. The van der Waals surface area contributed by atoms with Gasteiger partial charge in [-0.25, -0.2) is 0 Å². The van der Waals surface area contributed by atoms with Crippen molar-refractivity contribution in [2.45, 2.75) is 20.3 Å². The molecule has 2 aromatic carbocycles. The van der Waals surface area contributed by atoms with E-state index in [2.05, 4.69) is 19.2 Å². The molecule has 0 saturated carbocycles. The monoisotopic (exact) mass is 291 g/mol. The van der Waals surface area contributed by atoms with Gasteiger partial charge in [0.15, 0.2) is 0 Å². The maximum atomic E-state index is 6.19. The number of halogens is 1. The molecule has 0 amide bonds. The zero-order valence-electron chi connectivity index (χ0n) is 12.2. The maximum Gasteiger partial charge on any atom is 0.127 e. The zero-order valence-corrected chi connectivity index (χ0v) is 12.9. The van der Waals surface area contributed by atoms with Crippen molar-refractivity contribution in [3.05, 3.63) is 41.4 Å². The Morgan fingerprint density at radius 1 is 1.05 bits per heavy atom. The zero-order chi connectivity index (χ0) is 14.4. The number of fused-ring (bicyclic) bond motifs is 1.